The summed E-state index contributed by atoms with van der Waals surface area (Å²) in [6.07, 6.45) is 2.90. The predicted octanol–water partition coefficient (Wildman–Crippen LogP) is 2.74. The molecule has 0 spiro atoms. The van der Waals surface area contributed by atoms with Crippen molar-refractivity contribution < 1.29 is 10.2 Å². The summed E-state index contributed by atoms with van der Waals surface area (Å²) in [5.74, 6) is -0.0353. The van der Waals surface area contributed by atoms with Gasteiger partial charge in [-0.1, -0.05) is 30.3 Å². The lowest BCUT2D eigenvalue weighted by atomic mass is 9.88. The summed E-state index contributed by atoms with van der Waals surface area (Å²) in [4.78, 5) is 0. The van der Waals surface area contributed by atoms with E-state index >= 15 is 0 Å². The zero-order valence-corrected chi connectivity index (χ0v) is 11.3. The topological polar surface area (TPSA) is 52.5 Å². The average Bonchev–Trinajstić information content (AvgIpc) is 2.47. The fourth-order valence-corrected chi connectivity index (χ4v) is 2.82. The molecule has 20 heavy (non-hydrogen) atoms. The Balaban J connectivity index is 1.65. The van der Waals surface area contributed by atoms with Gasteiger partial charge in [0, 0.05) is 12.6 Å². The molecule has 0 amide bonds. The van der Waals surface area contributed by atoms with E-state index in [0.717, 1.165) is 36.9 Å². The Morgan fingerprint density at radius 1 is 1.00 bits per heavy atom. The van der Waals surface area contributed by atoms with Crippen LogP contribution < -0.4 is 5.32 Å². The molecule has 1 aliphatic carbocycles. The lowest BCUT2D eigenvalue weighted by Crippen LogP contribution is -2.34. The van der Waals surface area contributed by atoms with Crippen LogP contribution in [-0.4, -0.2) is 16.3 Å². The predicted molar refractivity (Wildman–Crippen MR) is 78.9 cm³/mol. The number of phenolic OH excluding ortho intramolecular Hbond substituents is 2. The smallest absolute Gasteiger partial charge is 0.157 e. The van der Waals surface area contributed by atoms with Gasteiger partial charge in [0.2, 0.25) is 0 Å². The van der Waals surface area contributed by atoms with E-state index in [1.807, 2.05) is 18.2 Å². The van der Waals surface area contributed by atoms with Crippen molar-refractivity contribution in [2.75, 3.05) is 0 Å². The van der Waals surface area contributed by atoms with Crippen LogP contribution in [0.4, 0.5) is 0 Å². The highest BCUT2D eigenvalue weighted by Gasteiger charge is 2.19. The minimum Gasteiger partial charge on any atom is -0.504 e. The van der Waals surface area contributed by atoms with Crippen molar-refractivity contribution in [1.82, 2.24) is 5.32 Å². The lowest BCUT2D eigenvalue weighted by molar-refractivity contribution is 0.398. The minimum atomic E-state index is -0.0209. The molecule has 0 aliphatic heterocycles. The normalized spacial score (nSPS) is 17.7. The largest absolute Gasteiger partial charge is 0.504 e. The van der Waals surface area contributed by atoms with Gasteiger partial charge in [0.25, 0.3) is 0 Å². The molecule has 3 heteroatoms. The van der Waals surface area contributed by atoms with Gasteiger partial charge in [0.05, 0.1) is 0 Å². The fraction of sp³-hybridized carbons (Fsp3) is 0.294. The van der Waals surface area contributed by atoms with Crippen molar-refractivity contribution in [2.45, 2.75) is 31.8 Å². The van der Waals surface area contributed by atoms with Gasteiger partial charge in [-0.15, -0.1) is 0 Å². The van der Waals surface area contributed by atoms with Crippen molar-refractivity contribution >= 4 is 0 Å². The Morgan fingerprint density at radius 3 is 2.45 bits per heavy atom. The van der Waals surface area contributed by atoms with Crippen molar-refractivity contribution in [3.8, 4) is 11.5 Å². The number of hydrogen-bond acceptors (Lipinski definition) is 3. The lowest BCUT2D eigenvalue weighted by Gasteiger charge is -2.26. The molecular weight excluding hydrogens is 250 g/mol. The van der Waals surface area contributed by atoms with Gasteiger partial charge in [-0.3, -0.25) is 0 Å². The standard InChI is InChI=1S/C17H19NO2/c19-16-9-13-6-7-15(8-14(13)10-17(16)20)18-11-12-4-2-1-3-5-12/h1-5,9-10,15,18-20H,6-8,11H2/t15-/m0/s1. The van der Waals surface area contributed by atoms with E-state index in [2.05, 4.69) is 17.4 Å². The summed E-state index contributed by atoms with van der Waals surface area (Å²) >= 11 is 0. The van der Waals surface area contributed by atoms with Gasteiger partial charge in [-0.05, 0) is 48.1 Å². The molecule has 0 unspecified atom stereocenters. The van der Waals surface area contributed by atoms with E-state index < -0.39 is 0 Å². The third-order valence-electron chi connectivity index (χ3n) is 3.96. The van der Waals surface area contributed by atoms with Crippen molar-refractivity contribution in [3.63, 3.8) is 0 Å². The molecule has 0 radical (unpaired) electrons. The van der Waals surface area contributed by atoms with Crippen LogP contribution >= 0.6 is 0 Å². The summed E-state index contributed by atoms with van der Waals surface area (Å²) in [7, 11) is 0. The third kappa shape index (κ3) is 2.78. The van der Waals surface area contributed by atoms with Gasteiger partial charge in [0.1, 0.15) is 0 Å². The minimum absolute atomic E-state index is 0.0144. The molecule has 0 aromatic heterocycles. The Kier molecular flexibility index (Phi) is 3.61. The highest BCUT2D eigenvalue weighted by Crippen LogP contribution is 2.32. The first-order chi connectivity index (χ1) is 9.72. The molecule has 2 aromatic carbocycles. The fourth-order valence-electron chi connectivity index (χ4n) is 2.82. The van der Waals surface area contributed by atoms with E-state index in [4.69, 9.17) is 0 Å². The molecule has 3 nitrogen and oxygen atoms in total. The van der Waals surface area contributed by atoms with Gasteiger partial charge in [-0.25, -0.2) is 0 Å². The zero-order chi connectivity index (χ0) is 13.9. The SMILES string of the molecule is Oc1cc2c(cc1O)C[C@@H](NCc1ccccc1)CC2. The molecule has 3 rings (SSSR count). The van der Waals surface area contributed by atoms with Crippen LogP contribution in [0.2, 0.25) is 0 Å². The van der Waals surface area contributed by atoms with E-state index in [9.17, 15) is 10.2 Å². The number of hydrogen-bond donors (Lipinski definition) is 3. The zero-order valence-electron chi connectivity index (χ0n) is 11.3. The highest BCUT2D eigenvalue weighted by molar-refractivity contribution is 5.46. The summed E-state index contributed by atoms with van der Waals surface area (Å²) in [5.41, 5.74) is 3.57. The van der Waals surface area contributed by atoms with E-state index in [0.29, 0.717) is 6.04 Å². The molecule has 1 aliphatic rings. The number of nitrogens with one attached hydrogen (secondary N) is 1. The molecule has 104 valence electrons. The maximum Gasteiger partial charge on any atom is 0.157 e. The molecule has 0 bridgehead atoms. The monoisotopic (exact) mass is 269 g/mol. The second-order valence-electron chi connectivity index (χ2n) is 5.42. The Bertz CT molecular complexity index is 595. The van der Waals surface area contributed by atoms with Crippen molar-refractivity contribution in [3.05, 3.63) is 59.2 Å². The first-order valence-electron chi connectivity index (χ1n) is 7.03. The number of fused-ring (bicyclic) bond motifs is 1. The molecule has 0 saturated heterocycles. The maximum atomic E-state index is 9.60. The molecule has 1 atom stereocenters. The second kappa shape index (κ2) is 5.55. The van der Waals surface area contributed by atoms with Crippen LogP contribution in [0.5, 0.6) is 11.5 Å². The Morgan fingerprint density at radius 2 is 1.70 bits per heavy atom. The van der Waals surface area contributed by atoms with Crippen molar-refractivity contribution in [2.24, 2.45) is 0 Å². The van der Waals surface area contributed by atoms with Crippen LogP contribution in [0.1, 0.15) is 23.1 Å². The van der Waals surface area contributed by atoms with Crippen LogP contribution in [0.3, 0.4) is 0 Å². The number of aryl methyl sites for hydroxylation is 1. The molecule has 0 heterocycles. The molecule has 0 saturated carbocycles. The summed E-state index contributed by atoms with van der Waals surface area (Å²) in [6.45, 7) is 0.866. The molecule has 3 N–H and O–H groups in total. The first kappa shape index (κ1) is 13.0. The van der Waals surface area contributed by atoms with Crippen LogP contribution in [0.25, 0.3) is 0 Å². The van der Waals surface area contributed by atoms with E-state index in [1.54, 1.807) is 12.1 Å². The highest BCUT2D eigenvalue weighted by atomic mass is 16.3. The van der Waals surface area contributed by atoms with Crippen molar-refractivity contribution in [1.29, 1.82) is 0 Å². The number of benzene rings is 2. The Labute approximate surface area is 118 Å². The van der Waals surface area contributed by atoms with Gasteiger partial charge < -0.3 is 15.5 Å². The number of rotatable bonds is 3. The third-order valence-corrected chi connectivity index (χ3v) is 3.96. The molecular formula is C17H19NO2. The maximum absolute atomic E-state index is 9.60. The summed E-state index contributed by atoms with van der Waals surface area (Å²) < 4.78 is 0. The number of aromatic hydroxyl groups is 2. The second-order valence-corrected chi connectivity index (χ2v) is 5.42. The quantitative estimate of drug-likeness (QED) is 0.751. The average molecular weight is 269 g/mol. The summed E-state index contributed by atoms with van der Waals surface area (Å²) in [6, 6.07) is 14.2. The van der Waals surface area contributed by atoms with Crippen LogP contribution in [-0.2, 0) is 19.4 Å². The first-order valence-corrected chi connectivity index (χ1v) is 7.03. The van der Waals surface area contributed by atoms with Gasteiger partial charge in [0.15, 0.2) is 11.5 Å². The van der Waals surface area contributed by atoms with Gasteiger partial charge >= 0.3 is 0 Å². The van der Waals surface area contributed by atoms with Gasteiger partial charge in [-0.2, -0.15) is 0 Å². The van der Waals surface area contributed by atoms with Crippen LogP contribution in [0, 0.1) is 0 Å². The van der Waals surface area contributed by atoms with E-state index in [1.165, 1.54) is 5.56 Å². The summed E-state index contributed by atoms with van der Waals surface area (Å²) in [5, 5.41) is 22.7. The molecule has 0 fully saturated rings. The Hall–Kier alpha value is -2.00. The van der Waals surface area contributed by atoms with Crippen LogP contribution in [0.15, 0.2) is 42.5 Å². The van der Waals surface area contributed by atoms with E-state index in [-0.39, 0.29) is 11.5 Å². The molecule has 2 aromatic rings. The number of phenols is 2.